The van der Waals surface area contributed by atoms with Crippen molar-refractivity contribution in [2.45, 2.75) is 4.90 Å². The molecule has 1 heterocycles. The van der Waals surface area contributed by atoms with Crippen LogP contribution in [-0.4, -0.2) is 11.6 Å². The van der Waals surface area contributed by atoms with E-state index in [1.54, 1.807) is 30.3 Å². The molecule has 1 aliphatic heterocycles. The van der Waals surface area contributed by atoms with Crippen LogP contribution in [0, 0.1) is 0 Å². The Morgan fingerprint density at radius 1 is 0.714 bits per heavy atom. The molecule has 0 aromatic heterocycles. The molecule has 0 radical (unpaired) electrons. The van der Waals surface area contributed by atoms with Gasteiger partial charge in [0.1, 0.15) is 0 Å². The number of rotatable bonds is 4. The van der Waals surface area contributed by atoms with Crippen molar-refractivity contribution in [2.75, 3.05) is 0 Å². The van der Waals surface area contributed by atoms with Crippen LogP contribution in [0.1, 0.15) is 20.7 Å². The Hall–Kier alpha value is -2.39. The number of hydrogen-bond acceptors (Lipinski definition) is 2. The number of thiol groups is 1. The quantitative estimate of drug-likeness (QED) is 0.522. The summed E-state index contributed by atoms with van der Waals surface area (Å²) in [5.74, 6) is -0.914. The van der Waals surface area contributed by atoms with Gasteiger partial charge in [-0.1, -0.05) is 54.6 Å². The van der Waals surface area contributed by atoms with E-state index in [9.17, 15) is 9.59 Å². The lowest BCUT2D eigenvalue weighted by Crippen LogP contribution is -2.14. The second-order valence-electron chi connectivity index (χ2n) is 4.66. The molecular formula is C18H14O2S. The number of benzene rings is 2. The molecule has 2 nitrogen and oxygen atoms in total. The van der Waals surface area contributed by atoms with Gasteiger partial charge in [0, 0.05) is 11.1 Å². The third kappa shape index (κ3) is 2.88. The minimum absolute atomic E-state index is 0.430. The van der Waals surface area contributed by atoms with Gasteiger partial charge in [0.15, 0.2) is 0 Å². The fraction of sp³-hybridized carbons (Fsp3) is 0. The third-order valence-corrected chi connectivity index (χ3v) is 5.11. The van der Waals surface area contributed by atoms with Crippen molar-refractivity contribution >= 4 is 22.5 Å². The molecule has 0 saturated heterocycles. The lowest BCUT2D eigenvalue weighted by atomic mass is 10.0. The summed E-state index contributed by atoms with van der Waals surface area (Å²) in [6.07, 6.45) is 4.02. The SMILES string of the molecule is O=C(C(=O)c1cccc([SH]2C=CC=C2)c1)c1ccccc1. The zero-order chi connectivity index (χ0) is 14.7. The first kappa shape index (κ1) is 13.6. The van der Waals surface area contributed by atoms with E-state index in [-0.39, 0.29) is 0 Å². The molecule has 0 amide bonds. The standard InChI is InChI=1S/C18H14O2S/c19-17(14-7-2-1-3-8-14)18(20)15-9-6-10-16(13-15)21-11-4-5-12-21/h1-13,21H. The first-order chi connectivity index (χ1) is 10.3. The molecule has 104 valence electrons. The second kappa shape index (κ2) is 5.94. The number of carbonyl (C=O) groups excluding carboxylic acids is 2. The molecule has 2 aromatic carbocycles. The van der Waals surface area contributed by atoms with Crippen molar-refractivity contribution < 1.29 is 9.59 Å². The molecule has 0 N–H and O–H groups in total. The maximum atomic E-state index is 12.3. The maximum absolute atomic E-state index is 12.3. The van der Waals surface area contributed by atoms with Crippen LogP contribution < -0.4 is 0 Å². The summed E-state index contributed by atoms with van der Waals surface area (Å²) in [4.78, 5) is 25.6. The number of carbonyl (C=O) groups is 2. The molecular weight excluding hydrogens is 280 g/mol. The highest BCUT2D eigenvalue weighted by molar-refractivity contribution is 8.22. The van der Waals surface area contributed by atoms with E-state index < -0.39 is 22.5 Å². The molecule has 0 aliphatic carbocycles. The highest BCUT2D eigenvalue weighted by atomic mass is 32.2. The molecule has 21 heavy (non-hydrogen) atoms. The molecule has 0 unspecified atom stereocenters. The first-order valence-electron chi connectivity index (χ1n) is 6.63. The van der Waals surface area contributed by atoms with Crippen LogP contribution in [-0.2, 0) is 0 Å². The summed E-state index contributed by atoms with van der Waals surface area (Å²) < 4.78 is 0. The summed E-state index contributed by atoms with van der Waals surface area (Å²) in [6.45, 7) is 0. The summed E-state index contributed by atoms with van der Waals surface area (Å²) in [7, 11) is -0.479. The molecule has 0 bridgehead atoms. The first-order valence-corrected chi connectivity index (χ1v) is 8.11. The van der Waals surface area contributed by atoms with E-state index in [0.29, 0.717) is 11.1 Å². The fourth-order valence-electron chi connectivity index (χ4n) is 2.17. The lowest BCUT2D eigenvalue weighted by molar-refractivity contribution is 0.0817. The maximum Gasteiger partial charge on any atom is 0.233 e. The molecule has 0 atom stereocenters. The molecule has 0 fully saturated rings. The summed E-state index contributed by atoms with van der Waals surface area (Å²) in [5.41, 5.74) is 0.886. The van der Waals surface area contributed by atoms with Gasteiger partial charge in [0.2, 0.25) is 11.6 Å². The van der Waals surface area contributed by atoms with E-state index >= 15 is 0 Å². The van der Waals surface area contributed by atoms with Crippen LogP contribution in [0.4, 0.5) is 0 Å². The Bertz CT molecular complexity index is 733. The van der Waals surface area contributed by atoms with Gasteiger partial charge in [-0.05, 0) is 27.8 Å². The highest BCUT2D eigenvalue weighted by Gasteiger charge is 2.18. The Morgan fingerprint density at radius 3 is 2.05 bits per heavy atom. The van der Waals surface area contributed by atoms with E-state index in [4.69, 9.17) is 0 Å². The summed E-state index contributed by atoms with van der Waals surface area (Å²) >= 11 is 0. The summed E-state index contributed by atoms with van der Waals surface area (Å²) in [6, 6.07) is 16.0. The molecule has 1 aliphatic rings. The van der Waals surface area contributed by atoms with Crippen molar-refractivity contribution in [3.8, 4) is 0 Å². The Morgan fingerprint density at radius 2 is 1.33 bits per heavy atom. The Balaban J connectivity index is 1.88. The van der Waals surface area contributed by atoms with Crippen molar-refractivity contribution in [3.63, 3.8) is 0 Å². The van der Waals surface area contributed by atoms with E-state index in [1.807, 2.05) is 36.4 Å². The normalized spacial score (nSPS) is 14.4. The topological polar surface area (TPSA) is 34.1 Å². The number of ketones is 2. The predicted molar refractivity (Wildman–Crippen MR) is 87.1 cm³/mol. The van der Waals surface area contributed by atoms with Gasteiger partial charge in [-0.25, -0.2) is 0 Å². The smallest absolute Gasteiger partial charge is 0.233 e. The lowest BCUT2D eigenvalue weighted by Gasteiger charge is -2.11. The van der Waals surface area contributed by atoms with Crippen LogP contribution in [0.2, 0.25) is 0 Å². The fourth-order valence-corrected chi connectivity index (χ4v) is 3.73. The minimum Gasteiger partial charge on any atom is -0.285 e. The third-order valence-electron chi connectivity index (χ3n) is 3.25. The van der Waals surface area contributed by atoms with Crippen LogP contribution in [0.5, 0.6) is 0 Å². The zero-order valence-corrected chi connectivity index (χ0v) is 12.2. The van der Waals surface area contributed by atoms with Crippen LogP contribution in [0.15, 0.2) is 82.5 Å². The highest BCUT2D eigenvalue weighted by Crippen LogP contribution is 2.42. The van der Waals surface area contributed by atoms with Gasteiger partial charge in [0.25, 0.3) is 0 Å². The van der Waals surface area contributed by atoms with Crippen LogP contribution in [0.25, 0.3) is 0 Å². The molecule has 0 spiro atoms. The van der Waals surface area contributed by atoms with Crippen LogP contribution >= 0.6 is 10.9 Å². The van der Waals surface area contributed by atoms with Gasteiger partial charge in [-0.3, -0.25) is 9.59 Å². The van der Waals surface area contributed by atoms with E-state index in [2.05, 4.69) is 10.8 Å². The van der Waals surface area contributed by atoms with E-state index in [1.165, 1.54) is 0 Å². The number of hydrogen-bond donors (Lipinski definition) is 1. The van der Waals surface area contributed by atoms with Crippen molar-refractivity contribution in [2.24, 2.45) is 0 Å². The molecule has 2 aromatic rings. The van der Waals surface area contributed by atoms with Gasteiger partial charge in [-0.2, -0.15) is 10.9 Å². The number of allylic oxidation sites excluding steroid dienone is 2. The Kier molecular flexibility index (Phi) is 3.84. The summed E-state index contributed by atoms with van der Waals surface area (Å²) in [5, 5.41) is 4.25. The van der Waals surface area contributed by atoms with Crippen molar-refractivity contribution in [1.82, 2.24) is 0 Å². The largest absolute Gasteiger partial charge is 0.285 e. The van der Waals surface area contributed by atoms with E-state index in [0.717, 1.165) is 4.90 Å². The molecule has 3 heteroatoms. The minimum atomic E-state index is -0.479. The van der Waals surface area contributed by atoms with Crippen LogP contribution in [0.3, 0.4) is 0 Å². The van der Waals surface area contributed by atoms with Crippen molar-refractivity contribution in [1.29, 1.82) is 0 Å². The van der Waals surface area contributed by atoms with Gasteiger partial charge >= 0.3 is 0 Å². The Labute approximate surface area is 126 Å². The predicted octanol–water partition coefficient (Wildman–Crippen LogP) is 4.15. The second-order valence-corrected chi connectivity index (χ2v) is 6.59. The van der Waals surface area contributed by atoms with Crippen molar-refractivity contribution in [3.05, 3.63) is 88.7 Å². The average Bonchev–Trinajstić information content (AvgIpc) is 3.09. The van der Waals surface area contributed by atoms with Gasteiger partial charge in [-0.15, -0.1) is 0 Å². The monoisotopic (exact) mass is 294 g/mol. The zero-order valence-electron chi connectivity index (χ0n) is 11.3. The molecule has 0 saturated carbocycles. The molecule has 3 rings (SSSR count). The average molecular weight is 294 g/mol. The van der Waals surface area contributed by atoms with Gasteiger partial charge in [0.05, 0.1) is 0 Å². The van der Waals surface area contributed by atoms with Gasteiger partial charge < -0.3 is 0 Å². The number of Topliss-reactive ketones (excluding diaryl/α,β-unsaturated/α-hetero) is 2.